The van der Waals surface area contributed by atoms with E-state index in [4.69, 9.17) is 0 Å². The van der Waals surface area contributed by atoms with E-state index in [2.05, 4.69) is 32.6 Å². The van der Waals surface area contributed by atoms with Crippen molar-refractivity contribution in [2.75, 3.05) is 19.6 Å². The average molecular weight is 349 g/mol. The minimum Gasteiger partial charge on any atom is -0.347 e. The van der Waals surface area contributed by atoms with Crippen molar-refractivity contribution in [3.05, 3.63) is 34.1 Å². The third kappa shape index (κ3) is 4.37. The zero-order valence-electron chi connectivity index (χ0n) is 10.9. The van der Waals surface area contributed by atoms with Crippen LogP contribution in [0.4, 0.5) is 0 Å². The SMILES string of the molecule is CCn1cc(Br)cc1C(=O)NCC1=CCNCC1.Cl. The molecule has 0 aromatic carbocycles. The van der Waals surface area contributed by atoms with E-state index in [-0.39, 0.29) is 18.3 Å². The predicted octanol–water partition coefficient (Wildman–Crippen LogP) is 2.34. The lowest BCUT2D eigenvalue weighted by atomic mass is 10.1. The van der Waals surface area contributed by atoms with Crippen molar-refractivity contribution in [2.24, 2.45) is 0 Å². The van der Waals surface area contributed by atoms with Crippen LogP contribution in [0.25, 0.3) is 0 Å². The summed E-state index contributed by atoms with van der Waals surface area (Å²) in [5.74, 6) is -0.0121. The van der Waals surface area contributed by atoms with Crippen LogP contribution < -0.4 is 10.6 Å². The highest BCUT2D eigenvalue weighted by Gasteiger charge is 2.12. The van der Waals surface area contributed by atoms with E-state index in [1.54, 1.807) is 0 Å². The Morgan fingerprint density at radius 1 is 1.58 bits per heavy atom. The van der Waals surface area contributed by atoms with Crippen LogP contribution in [0.1, 0.15) is 23.8 Å². The van der Waals surface area contributed by atoms with Gasteiger partial charge in [-0.2, -0.15) is 0 Å². The van der Waals surface area contributed by atoms with E-state index in [9.17, 15) is 4.79 Å². The average Bonchev–Trinajstić information content (AvgIpc) is 2.78. The number of nitrogens with zero attached hydrogens (tertiary/aromatic N) is 1. The number of rotatable bonds is 4. The largest absolute Gasteiger partial charge is 0.347 e. The van der Waals surface area contributed by atoms with Gasteiger partial charge in [0.2, 0.25) is 0 Å². The molecule has 0 spiro atoms. The summed E-state index contributed by atoms with van der Waals surface area (Å²) >= 11 is 3.40. The number of carbonyl (C=O) groups is 1. The first kappa shape index (κ1) is 16.3. The van der Waals surface area contributed by atoms with Gasteiger partial charge in [0.1, 0.15) is 5.69 Å². The summed E-state index contributed by atoms with van der Waals surface area (Å²) in [6, 6.07) is 1.86. The molecule has 2 rings (SSSR count). The summed E-state index contributed by atoms with van der Waals surface area (Å²) < 4.78 is 2.88. The molecule has 0 saturated carbocycles. The van der Waals surface area contributed by atoms with Crippen LogP contribution in [0.15, 0.2) is 28.4 Å². The first-order valence-electron chi connectivity index (χ1n) is 6.23. The zero-order chi connectivity index (χ0) is 13.0. The van der Waals surface area contributed by atoms with Crippen LogP contribution in [0.2, 0.25) is 0 Å². The van der Waals surface area contributed by atoms with Crippen molar-refractivity contribution in [2.45, 2.75) is 19.9 Å². The molecule has 1 aliphatic rings. The molecular formula is C13H19BrClN3O. The first-order chi connectivity index (χ1) is 8.70. The van der Waals surface area contributed by atoms with Gasteiger partial charge in [-0.25, -0.2) is 0 Å². The topological polar surface area (TPSA) is 46.1 Å². The molecule has 0 atom stereocenters. The molecule has 0 aliphatic carbocycles. The Balaban J connectivity index is 0.00000180. The van der Waals surface area contributed by atoms with Gasteiger partial charge >= 0.3 is 0 Å². The van der Waals surface area contributed by atoms with Crippen LogP contribution in [0, 0.1) is 0 Å². The van der Waals surface area contributed by atoms with Crippen molar-refractivity contribution < 1.29 is 4.79 Å². The first-order valence-corrected chi connectivity index (χ1v) is 7.02. The second-order valence-electron chi connectivity index (χ2n) is 4.33. The van der Waals surface area contributed by atoms with E-state index in [0.29, 0.717) is 12.2 Å². The molecule has 0 bridgehead atoms. The number of aryl methyl sites for hydroxylation is 1. The Labute approximate surface area is 128 Å². The number of halogens is 2. The van der Waals surface area contributed by atoms with Crippen molar-refractivity contribution in [1.82, 2.24) is 15.2 Å². The highest BCUT2D eigenvalue weighted by molar-refractivity contribution is 9.10. The van der Waals surface area contributed by atoms with Crippen molar-refractivity contribution in [3.8, 4) is 0 Å². The summed E-state index contributed by atoms with van der Waals surface area (Å²) in [5.41, 5.74) is 2.01. The molecule has 1 aromatic rings. The summed E-state index contributed by atoms with van der Waals surface area (Å²) in [6.45, 7) is 5.37. The summed E-state index contributed by atoms with van der Waals surface area (Å²) in [7, 11) is 0. The fourth-order valence-corrected chi connectivity index (χ4v) is 2.51. The second-order valence-corrected chi connectivity index (χ2v) is 5.24. The standard InChI is InChI=1S/C13H18BrN3O.ClH/c1-2-17-9-11(14)7-12(17)13(18)16-8-10-3-5-15-6-4-10;/h3,7,9,15H,2,4-6,8H2,1H3,(H,16,18);1H. The van der Waals surface area contributed by atoms with E-state index in [1.807, 2.05) is 23.8 Å². The third-order valence-corrected chi connectivity index (χ3v) is 3.50. The molecular weight excluding hydrogens is 330 g/mol. The number of hydrogen-bond acceptors (Lipinski definition) is 2. The number of nitrogens with one attached hydrogen (secondary N) is 2. The normalized spacial score (nSPS) is 14.5. The molecule has 1 aliphatic heterocycles. The van der Waals surface area contributed by atoms with Gasteiger partial charge in [0, 0.05) is 30.3 Å². The molecule has 2 heterocycles. The van der Waals surface area contributed by atoms with E-state index < -0.39 is 0 Å². The van der Waals surface area contributed by atoms with E-state index in [1.165, 1.54) is 5.57 Å². The predicted molar refractivity (Wildman–Crippen MR) is 83.0 cm³/mol. The maximum Gasteiger partial charge on any atom is 0.268 e. The highest BCUT2D eigenvalue weighted by Crippen LogP contribution is 2.15. The lowest BCUT2D eigenvalue weighted by Crippen LogP contribution is -2.30. The molecule has 6 heteroatoms. The Morgan fingerprint density at radius 3 is 3.00 bits per heavy atom. The van der Waals surface area contributed by atoms with Crippen molar-refractivity contribution >= 4 is 34.2 Å². The fraction of sp³-hybridized carbons (Fsp3) is 0.462. The second kappa shape index (κ2) is 7.72. The van der Waals surface area contributed by atoms with Gasteiger partial charge in [-0.15, -0.1) is 12.4 Å². The Kier molecular flexibility index (Phi) is 6.62. The molecule has 0 fully saturated rings. The molecule has 2 N–H and O–H groups in total. The summed E-state index contributed by atoms with van der Waals surface area (Å²) in [5, 5.41) is 6.24. The highest BCUT2D eigenvalue weighted by atomic mass is 79.9. The zero-order valence-corrected chi connectivity index (χ0v) is 13.3. The van der Waals surface area contributed by atoms with Gasteiger partial charge in [-0.05, 0) is 41.9 Å². The quantitative estimate of drug-likeness (QED) is 0.821. The van der Waals surface area contributed by atoms with Gasteiger partial charge in [0.25, 0.3) is 5.91 Å². The van der Waals surface area contributed by atoms with Gasteiger partial charge < -0.3 is 15.2 Å². The fourth-order valence-electron chi connectivity index (χ4n) is 2.04. The molecule has 0 radical (unpaired) electrons. The lowest BCUT2D eigenvalue weighted by Gasteiger charge is -2.15. The molecule has 0 saturated heterocycles. The third-order valence-electron chi connectivity index (χ3n) is 3.07. The molecule has 19 heavy (non-hydrogen) atoms. The smallest absolute Gasteiger partial charge is 0.268 e. The van der Waals surface area contributed by atoms with E-state index >= 15 is 0 Å². The van der Waals surface area contributed by atoms with Crippen LogP contribution in [-0.4, -0.2) is 30.1 Å². The number of hydrogen-bond donors (Lipinski definition) is 2. The van der Waals surface area contributed by atoms with Crippen molar-refractivity contribution in [3.63, 3.8) is 0 Å². The van der Waals surface area contributed by atoms with Gasteiger partial charge in [0.05, 0.1) is 0 Å². The van der Waals surface area contributed by atoms with Gasteiger partial charge in [0.15, 0.2) is 0 Å². The van der Waals surface area contributed by atoms with Crippen LogP contribution >= 0.6 is 28.3 Å². The van der Waals surface area contributed by atoms with E-state index in [0.717, 1.165) is 30.5 Å². The molecule has 1 amide bonds. The molecule has 0 unspecified atom stereocenters. The number of amides is 1. The monoisotopic (exact) mass is 347 g/mol. The maximum absolute atomic E-state index is 12.1. The van der Waals surface area contributed by atoms with Gasteiger partial charge in [-0.1, -0.05) is 11.6 Å². The summed E-state index contributed by atoms with van der Waals surface area (Å²) in [4.78, 5) is 12.1. The van der Waals surface area contributed by atoms with Crippen LogP contribution in [-0.2, 0) is 6.54 Å². The van der Waals surface area contributed by atoms with Crippen LogP contribution in [0.5, 0.6) is 0 Å². The molecule has 106 valence electrons. The van der Waals surface area contributed by atoms with Crippen LogP contribution in [0.3, 0.4) is 0 Å². The molecule has 1 aromatic heterocycles. The molecule has 4 nitrogen and oxygen atoms in total. The number of aromatic nitrogens is 1. The van der Waals surface area contributed by atoms with Crippen molar-refractivity contribution in [1.29, 1.82) is 0 Å². The maximum atomic E-state index is 12.1. The minimum atomic E-state index is -0.0121. The Bertz CT molecular complexity index is 470. The summed E-state index contributed by atoms with van der Waals surface area (Å²) in [6.07, 6.45) is 5.09. The lowest BCUT2D eigenvalue weighted by molar-refractivity contribution is 0.0947. The Hall–Kier alpha value is -0.780. The Morgan fingerprint density at radius 2 is 2.37 bits per heavy atom. The number of carbonyl (C=O) groups excluding carboxylic acids is 1. The minimum absolute atomic E-state index is 0. The van der Waals surface area contributed by atoms with Gasteiger partial charge in [-0.3, -0.25) is 4.79 Å².